The predicted molar refractivity (Wildman–Crippen MR) is 133 cm³/mol. The third-order valence-electron chi connectivity index (χ3n) is 8.84. The van der Waals surface area contributed by atoms with Crippen molar-refractivity contribution in [1.29, 1.82) is 0 Å². The van der Waals surface area contributed by atoms with Crippen molar-refractivity contribution < 1.29 is 43.9 Å². The summed E-state index contributed by atoms with van der Waals surface area (Å²) in [6.45, 7) is 9.71. The molecule has 3 heterocycles. The molecule has 38 heavy (non-hydrogen) atoms. The number of aliphatic hydroxyl groups excluding tert-OH is 2. The van der Waals surface area contributed by atoms with Gasteiger partial charge in [-0.05, 0) is 52.2 Å². The smallest absolute Gasteiger partial charge is 0.303 e. The Morgan fingerprint density at radius 3 is 2.53 bits per heavy atom. The molecule has 5 aliphatic rings. The zero-order chi connectivity index (χ0) is 27.9. The molecule has 9 atom stereocenters. The first-order chi connectivity index (χ1) is 17.7. The fourth-order valence-electron chi connectivity index (χ4n) is 7.11. The highest BCUT2D eigenvalue weighted by molar-refractivity contribution is 6.06. The molecule has 1 saturated heterocycles. The molecule has 0 bridgehead atoms. The Morgan fingerprint density at radius 1 is 1.21 bits per heavy atom. The zero-order valence-electron chi connectivity index (χ0n) is 22.4. The van der Waals surface area contributed by atoms with E-state index in [2.05, 4.69) is 0 Å². The highest BCUT2D eigenvalue weighted by Crippen LogP contribution is 2.60. The number of carbonyl (C=O) groups is 3. The van der Waals surface area contributed by atoms with E-state index < -0.39 is 65.4 Å². The molecule has 2 fully saturated rings. The van der Waals surface area contributed by atoms with Crippen molar-refractivity contribution in [3.05, 3.63) is 46.4 Å². The van der Waals surface area contributed by atoms with E-state index in [0.717, 1.165) is 0 Å². The first kappa shape index (κ1) is 26.8. The van der Waals surface area contributed by atoms with Crippen LogP contribution in [-0.4, -0.2) is 79.7 Å². The second-order valence-electron chi connectivity index (χ2n) is 11.2. The minimum atomic E-state index is -1.81. The van der Waals surface area contributed by atoms with Gasteiger partial charge in [-0.25, -0.2) is 0 Å². The molecule has 3 N–H and O–H groups in total. The molecule has 10 heteroatoms. The van der Waals surface area contributed by atoms with E-state index in [9.17, 15) is 29.7 Å². The Hall–Kier alpha value is -2.79. The third kappa shape index (κ3) is 3.50. The highest BCUT2D eigenvalue weighted by atomic mass is 16.7. The van der Waals surface area contributed by atoms with Gasteiger partial charge in [0.2, 0.25) is 0 Å². The van der Waals surface area contributed by atoms with Crippen molar-refractivity contribution in [3.8, 4) is 0 Å². The lowest BCUT2D eigenvalue weighted by molar-refractivity contribution is -0.233. The van der Waals surface area contributed by atoms with Gasteiger partial charge >= 0.3 is 5.97 Å². The summed E-state index contributed by atoms with van der Waals surface area (Å²) in [6.07, 6.45) is 1.75. The quantitative estimate of drug-likeness (QED) is 0.368. The van der Waals surface area contributed by atoms with Crippen LogP contribution >= 0.6 is 0 Å². The van der Waals surface area contributed by atoms with Crippen molar-refractivity contribution in [2.75, 3.05) is 0 Å². The molecule has 0 aromatic heterocycles. The van der Waals surface area contributed by atoms with E-state index >= 15 is 0 Å². The molecular weight excluding hydrogens is 494 g/mol. The molecule has 10 nitrogen and oxygen atoms in total. The van der Waals surface area contributed by atoms with Crippen LogP contribution < -0.4 is 0 Å². The number of hydrogen-bond acceptors (Lipinski definition) is 9. The molecule has 1 saturated carbocycles. The van der Waals surface area contributed by atoms with Crippen molar-refractivity contribution >= 4 is 17.7 Å². The maximum absolute atomic E-state index is 13.7. The molecule has 0 aromatic carbocycles. The van der Waals surface area contributed by atoms with Crippen LogP contribution in [0, 0.1) is 11.8 Å². The number of aliphatic hydroxyl groups is 3. The van der Waals surface area contributed by atoms with Crippen LogP contribution in [0.1, 0.15) is 54.4 Å². The maximum atomic E-state index is 13.7. The molecule has 1 amide bonds. The van der Waals surface area contributed by atoms with Gasteiger partial charge in [-0.3, -0.25) is 19.3 Å². The first-order valence-electron chi connectivity index (χ1n) is 13.1. The second kappa shape index (κ2) is 8.87. The average molecular weight is 530 g/mol. The first-order valence-corrected chi connectivity index (χ1v) is 13.1. The SMILES string of the molecule is CC(=O)O[C@H](C)[C@]12C=C(C)[C@@H]3[C@@H](C)[C@H](O[C@H]4CC[C@H](O)C(C)O4)C4=CC(=O)C=C(N1C(=O)C(C)=C2O)[C@@]43O. The Kier molecular flexibility index (Phi) is 6.26. The molecule has 5 rings (SSSR count). The molecule has 2 aliphatic carbocycles. The average Bonchev–Trinajstić information content (AvgIpc) is 3.11. The van der Waals surface area contributed by atoms with Crippen molar-refractivity contribution in [2.24, 2.45) is 11.8 Å². The van der Waals surface area contributed by atoms with E-state index in [1.807, 2.05) is 6.92 Å². The molecule has 206 valence electrons. The van der Waals surface area contributed by atoms with Crippen molar-refractivity contribution in [2.45, 2.75) is 96.2 Å². The second-order valence-corrected chi connectivity index (χ2v) is 11.2. The van der Waals surface area contributed by atoms with E-state index in [1.165, 1.54) is 30.9 Å². The summed E-state index contributed by atoms with van der Waals surface area (Å²) in [7, 11) is 0. The number of ether oxygens (including phenoxy) is 3. The number of esters is 1. The minimum Gasteiger partial charge on any atom is -0.509 e. The summed E-state index contributed by atoms with van der Waals surface area (Å²) >= 11 is 0. The zero-order valence-corrected chi connectivity index (χ0v) is 22.4. The normalized spacial score (nSPS) is 41.2. The Labute approximate surface area is 221 Å². The van der Waals surface area contributed by atoms with Crippen LogP contribution in [0.25, 0.3) is 0 Å². The minimum absolute atomic E-state index is 0.0109. The van der Waals surface area contributed by atoms with E-state index in [1.54, 1.807) is 26.8 Å². The fourth-order valence-corrected chi connectivity index (χ4v) is 7.11. The molecule has 0 aromatic rings. The molecule has 1 unspecified atom stereocenters. The third-order valence-corrected chi connectivity index (χ3v) is 8.84. The Bertz CT molecular complexity index is 1230. The van der Waals surface area contributed by atoms with Gasteiger partial charge in [0.25, 0.3) is 5.91 Å². The number of rotatable bonds is 4. The lowest BCUT2D eigenvalue weighted by Gasteiger charge is -2.45. The fraction of sp³-hybridized carbons (Fsp3) is 0.607. The summed E-state index contributed by atoms with van der Waals surface area (Å²) in [4.78, 5) is 39.9. The number of hydrogen-bond donors (Lipinski definition) is 3. The lowest BCUT2D eigenvalue weighted by Crippen LogP contribution is -2.58. The number of fused-ring (bicyclic) bond motifs is 2. The van der Waals surface area contributed by atoms with Crippen LogP contribution in [0.3, 0.4) is 0 Å². The number of amides is 1. The monoisotopic (exact) mass is 529 g/mol. The maximum Gasteiger partial charge on any atom is 0.303 e. The van der Waals surface area contributed by atoms with Crippen LogP contribution in [0.15, 0.2) is 46.4 Å². The largest absolute Gasteiger partial charge is 0.509 e. The van der Waals surface area contributed by atoms with Gasteiger partial charge in [-0.15, -0.1) is 0 Å². The predicted octanol–water partition coefficient (Wildman–Crippen LogP) is 1.97. The van der Waals surface area contributed by atoms with E-state index in [0.29, 0.717) is 24.0 Å². The molecule has 0 radical (unpaired) electrons. The van der Waals surface area contributed by atoms with Gasteiger partial charge in [0, 0.05) is 30.9 Å². The van der Waals surface area contributed by atoms with Gasteiger partial charge in [0.1, 0.15) is 17.5 Å². The van der Waals surface area contributed by atoms with E-state index in [-0.39, 0.29) is 22.9 Å². The standard InChI is InChI=1S/C28H35NO9/c1-12-11-27(16(5)37-17(6)30)25(33)14(3)26(34)29(27)21-10-18(31)9-19-24(13(2)23(12)28(19,21)35)38-22-8-7-20(32)15(4)36-22/h9-11,13,15-16,20,22-24,32-33,35H,7-8H2,1-6H3/t13-,15?,16-,20+,22+,23-,24+,27+,28+/m1/s1. The van der Waals surface area contributed by atoms with Crippen molar-refractivity contribution in [3.63, 3.8) is 0 Å². The van der Waals surface area contributed by atoms with Gasteiger partial charge in [0.15, 0.2) is 17.6 Å². The van der Waals surface area contributed by atoms with Gasteiger partial charge < -0.3 is 29.5 Å². The van der Waals surface area contributed by atoms with Crippen LogP contribution in [0.2, 0.25) is 0 Å². The van der Waals surface area contributed by atoms with Crippen LogP contribution in [0.5, 0.6) is 0 Å². The summed E-state index contributed by atoms with van der Waals surface area (Å²) < 4.78 is 17.7. The topological polar surface area (TPSA) is 143 Å². The van der Waals surface area contributed by atoms with Gasteiger partial charge in [-0.2, -0.15) is 0 Å². The number of ketones is 1. The van der Waals surface area contributed by atoms with Crippen molar-refractivity contribution in [1.82, 2.24) is 4.90 Å². The number of carbonyl (C=O) groups excluding carboxylic acids is 3. The van der Waals surface area contributed by atoms with Gasteiger partial charge in [0.05, 0.1) is 29.6 Å². The number of nitrogens with zero attached hydrogens (tertiary/aromatic N) is 1. The summed E-state index contributed by atoms with van der Waals surface area (Å²) in [5, 5.41) is 33.9. The summed E-state index contributed by atoms with van der Waals surface area (Å²) in [5.41, 5.74) is -2.46. The highest BCUT2D eigenvalue weighted by Gasteiger charge is 2.68. The Balaban J connectivity index is 1.66. The molecule has 0 spiro atoms. The molecular formula is C28H35NO9. The van der Waals surface area contributed by atoms with Crippen LogP contribution in [0.4, 0.5) is 0 Å². The lowest BCUT2D eigenvalue weighted by atomic mass is 9.76. The Morgan fingerprint density at radius 2 is 1.89 bits per heavy atom. The molecule has 3 aliphatic heterocycles. The van der Waals surface area contributed by atoms with Gasteiger partial charge in [-0.1, -0.05) is 12.5 Å². The van der Waals surface area contributed by atoms with Crippen LogP contribution in [-0.2, 0) is 28.6 Å². The van der Waals surface area contributed by atoms with E-state index in [4.69, 9.17) is 14.2 Å². The number of allylic oxidation sites excluding steroid dienone is 2. The summed E-state index contributed by atoms with van der Waals surface area (Å²) in [5.74, 6) is -2.94. The summed E-state index contributed by atoms with van der Waals surface area (Å²) in [6, 6.07) is 0.